The van der Waals surface area contributed by atoms with Crippen molar-refractivity contribution in [1.82, 2.24) is 4.90 Å². The number of hydrogen-bond acceptors (Lipinski definition) is 4. The minimum atomic E-state index is -0.617. The van der Waals surface area contributed by atoms with Crippen molar-refractivity contribution in [3.8, 4) is 5.75 Å². The van der Waals surface area contributed by atoms with E-state index in [2.05, 4.69) is 15.9 Å². The molecule has 2 rings (SSSR count). The van der Waals surface area contributed by atoms with Gasteiger partial charge in [0.15, 0.2) is 0 Å². The summed E-state index contributed by atoms with van der Waals surface area (Å²) in [5.41, 5.74) is 1.15. The second-order valence-corrected chi connectivity index (χ2v) is 6.28. The van der Waals surface area contributed by atoms with Gasteiger partial charge < -0.3 is 14.9 Å². The first-order valence-corrected chi connectivity index (χ1v) is 8.40. The Hall–Kier alpha value is -1.40. The van der Waals surface area contributed by atoms with Crippen LogP contribution in [0.25, 0.3) is 0 Å². The van der Waals surface area contributed by atoms with Crippen LogP contribution in [0.1, 0.15) is 5.56 Å². The fourth-order valence-corrected chi connectivity index (χ4v) is 2.56. The van der Waals surface area contributed by atoms with Gasteiger partial charge in [0, 0.05) is 24.1 Å². The van der Waals surface area contributed by atoms with E-state index < -0.39 is 6.10 Å². The highest BCUT2D eigenvalue weighted by Crippen LogP contribution is 2.16. The van der Waals surface area contributed by atoms with Crippen LogP contribution < -0.4 is 4.74 Å². The minimum Gasteiger partial charge on any atom is -0.491 e. The topological polar surface area (TPSA) is 52.9 Å². The molecule has 2 N–H and O–H groups in total. The zero-order valence-corrected chi connectivity index (χ0v) is 14.5. The van der Waals surface area contributed by atoms with Crippen molar-refractivity contribution >= 4 is 15.9 Å². The zero-order chi connectivity index (χ0) is 16.5. The number of ether oxygens (including phenoxy) is 1. The van der Waals surface area contributed by atoms with E-state index in [1.54, 1.807) is 0 Å². The van der Waals surface area contributed by atoms with E-state index in [4.69, 9.17) is 4.74 Å². The van der Waals surface area contributed by atoms with Gasteiger partial charge in [0.1, 0.15) is 18.5 Å². The van der Waals surface area contributed by atoms with E-state index in [1.165, 1.54) is 0 Å². The third kappa shape index (κ3) is 6.71. The zero-order valence-electron chi connectivity index (χ0n) is 12.9. The SMILES string of the molecule is OCCN(Cc1ccccc1)C[C@@H](O)COc1ccc(Br)cc1. The highest BCUT2D eigenvalue weighted by molar-refractivity contribution is 9.10. The summed E-state index contributed by atoms with van der Waals surface area (Å²) in [6.07, 6.45) is -0.617. The summed E-state index contributed by atoms with van der Waals surface area (Å²) < 4.78 is 6.58. The maximum absolute atomic E-state index is 10.2. The fraction of sp³-hybridized carbons (Fsp3) is 0.333. The van der Waals surface area contributed by atoms with Crippen molar-refractivity contribution in [3.63, 3.8) is 0 Å². The predicted molar refractivity (Wildman–Crippen MR) is 94.4 cm³/mol. The third-order valence-corrected chi connectivity index (χ3v) is 3.92. The Labute approximate surface area is 145 Å². The molecular formula is C18H22BrNO3. The number of aliphatic hydroxyl groups excluding tert-OH is 2. The van der Waals surface area contributed by atoms with Gasteiger partial charge in [-0.2, -0.15) is 0 Å². The first-order valence-electron chi connectivity index (χ1n) is 7.61. The molecular weight excluding hydrogens is 358 g/mol. The Kier molecular flexibility index (Phi) is 7.55. The average Bonchev–Trinajstić information content (AvgIpc) is 2.55. The number of halogens is 1. The Morgan fingerprint density at radius 2 is 1.74 bits per heavy atom. The van der Waals surface area contributed by atoms with E-state index in [0.29, 0.717) is 19.6 Å². The molecule has 0 unspecified atom stereocenters. The molecule has 0 fully saturated rings. The van der Waals surface area contributed by atoms with Gasteiger partial charge in [-0.1, -0.05) is 46.3 Å². The maximum Gasteiger partial charge on any atom is 0.119 e. The Balaban J connectivity index is 1.82. The Morgan fingerprint density at radius 3 is 2.39 bits per heavy atom. The summed E-state index contributed by atoms with van der Waals surface area (Å²) >= 11 is 3.37. The van der Waals surface area contributed by atoms with Gasteiger partial charge in [0.25, 0.3) is 0 Å². The Morgan fingerprint density at radius 1 is 1.04 bits per heavy atom. The highest BCUT2D eigenvalue weighted by Gasteiger charge is 2.13. The molecule has 0 amide bonds. The monoisotopic (exact) mass is 379 g/mol. The highest BCUT2D eigenvalue weighted by atomic mass is 79.9. The molecule has 1 atom stereocenters. The van der Waals surface area contributed by atoms with Crippen LogP contribution in [0.15, 0.2) is 59.1 Å². The fourth-order valence-electron chi connectivity index (χ4n) is 2.29. The summed E-state index contributed by atoms with van der Waals surface area (Å²) in [7, 11) is 0. The standard InChI is InChI=1S/C18H22BrNO3/c19-16-6-8-18(9-7-16)23-14-17(22)13-20(10-11-21)12-15-4-2-1-3-5-15/h1-9,17,21-22H,10-14H2/t17-/m1/s1. The van der Waals surface area contributed by atoms with Gasteiger partial charge >= 0.3 is 0 Å². The summed E-state index contributed by atoms with van der Waals surface area (Å²) in [5, 5.41) is 19.4. The Bertz CT molecular complexity index is 562. The van der Waals surface area contributed by atoms with Gasteiger partial charge in [0.2, 0.25) is 0 Å². The van der Waals surface area contributed by atoms with Crippen LogP contribution in [0.2, 0.25) is 0 Å². The first-order chi connectivity index (χ1) is 11.2. The average molecular weight is 380 g/mol. The molecule has 0 bridgehead atoms. The summed E-state index contributed by atoms with van der Waals surface area (Å²) in [5.74, 6) is 0.726. The van der Waals surface area contributed by atoms with Gasteiger partial charge in [-0.3, -0.25) is 4.90 Å². The van der Waals surface area contributed by atoms with Crippen molar-refractivity contribution in [2.45, 2.75) is 12.6 Å². The van der Waals surface area contributed by atoms with E-state index in [9.17, 15) is 10.2 Å². The molecule has 0 spiro atoms. The lowest BCUT2D eigenvalue weighted by molar-refractivity contribution is 0.0590. The molecule has 0 radical (unpaired) electrons. The molecule has 4 nitrogen and oxygen atoms in total. The molecule has 0 aromatic heterocycles. The van der Waals surface area contributed by atoms with Crippen LogP contribution in [0, 0.1) is 0 Å². The lowest BCUT2D eigenvalue weighted by Gasteiger charge is -2.24. The number of rotatable bonds is 9. The number of hydrogen-bond donors (Lipinski definition) is 2. The first kappa shape index (κ1) is 17.9. The second-order valence-electron chi connectivity index (χ2n) is 5.36. The van der Waals surface area contributed by atoms with E-state index >= 15 is 0 Å². The predicted octanol–water partition coefficient (Wildman–Crippen LogP) is 2.68. The van der Waals surface area contributed by atoms with Crippen LogP contribution in [-0.4, -0.2) is 47.5 Å². The summed E-state index contributed by atoms with van der Waals surface area (Å²) in [6.45, 7) is 1.94. The molecule has 2 aromatic rings. The molecule has 0 saturated heterocycles. The van der Waals surface area contributed by atoms with Crippen molar-refractivity contribution in [2.75, 3.05) is 26.3 Å². The molecule has 0 aliphatic rings. The molecule has 124 valence electrons. The van der Waals surface area contributed by atoms with Crippen molar-refractivity contribution in [1.29, 1.82) is 0 Å². The van der Waals surface area contributed by atoms with Gasteiger partial charge in [0.05, 0.1) is 6.61 Å². The van der Waals surface area contributed by atoms with Crippen molar-refractivity contribution in [3.05, 3.63) is 64.6 Å². The summed E-state index contributed by atoms with van der Waals surface area (Å²) in [6, 6.07) is 17.5. The molecule has 2 aromatic carbocycles. The van der Waals surface area contributed by atoms with Crippen LogP contribution in [-0.2, 0) is 6.54 Å². The van der Waals surface area contributed by atoms with Crippen LogP contribution in [0.5, 0.6) is 5.75 Å². The van der Waals surface area contributed by atoms with Crippen LogP contribution in [0.4, 0.5) is 0 Å². The summed E-state index contributed by atoms with van der Waals surface area (Å²) in [4.78, 5) is 2.02. The molecule has 0 saturated carbocycles. The van der Waals surface area contributed by atoms with Gasteiger partial charge in [-0.15, -0.1) is 0 Å². The van der Waals surface area contributed by atoms with Crippen molar-refractivity contribution in [2.24, 2.45) is 0 Å². The maximum atomic E-state index is 10.2. The molecule has 0 aliphatic heterocycles. The van der Waals surface area contributed by atoms with Crippen molar-refractivity contribution < 1.29 is 14.9 Å². The lowest BCUT2D eigenvalue weighted by atomic mass is 10.2. The third-order valence-electron chi connectivity index (χ3n) is 3.39. The number of benzene rings is 2. The quantitative estimate of drug-likeness (QED) is 0.703. The van der Waals surface area contributed by atoms with Crippen LogP contribution >= 0.6 is 15.9 Å². The molecule has 23 heavy (non-hydrogen) atoms. The smallest absolute Gasteiger partial charge is 0.119 e. The van der Waals surface area contributed by atoms with E-state index in [0.717, 1.165) is 15.8 Å². The normalized spacial score (nSPS) is 12.3. The molecule has 0 aliphatic carbocycles. The van der Waals surface area contributed by atoms with Crippen LogP contribution in [0.3, 0.4) is 0 Å². The van der Waals surface area contributed by atoms with E-state index in [-0.39, 0.29) is 13.2 Å². The minimum absolute atomic E-state index is 0.0626. The molecule has 0 heterocycles. The molecule has 5 heteroatoms. The number of aliphatic hydroxyl groups is 2. The lowest BCUT2D eigenvalue weighted by Crippen LogP contribution is -2.37. The van der Waals surface area contributed by atoms with E-state index in [1.807, 2.05) is 59.5 Å². The van der Waals surface area contributed by atoms with Gasteiger partial charge in [-0.05, 0) is 29.8 Å². The number of nitrogens with zero attached hydrogens (tertiary/aromatic N) is 1. The largest absolute Gasteiger partial charge is 0.491 e. The van der Waals surface area contributed by atoms with Gasteiger partial charge in [-0.25, -0.2) is 0 Å². The second kappa shape index (κ2) is 9.67.